The molecule has 0 unspecified atom stereocenters. The lowest BCUT2D eigenvalue weighted by Crippen LogP contribution is -2.29. The van der Waals surface area contributed by atoms with Gasteiger partial charge in [-0.3, -0.25) is 14.9 Å². The molecule has 1 aromatic heterocycles. The summed E-state index contributed by atoms with van der Waals surface area (Å²) in [6, 6.07) is 11.3. The number of rotatable bonds is 9. The van der Waals surface area contributed by atoms with Gasteiger partial charge in [-0.15, -0.1) is 0 Å². The van der Waals surface area contributed by atoms with E-state index in [1.807, 2.05) is 24.3 Å². The Hall–Kier alpha value is -3.47. The van der Waals surface area contributed by atoms with Gasteiger partial charge in [0, 0.05) is 38.3 Å². The number of amides is 1. The summed E-state index contributed by atoms with van der Waals surface area (Å²) in [7, 11) is -3.55. The van der Waals surface area contributed by atoms with Crippen LogP contribution in [0.1, 0.15) is 12.2 Å². The van der Waals surface area contributed by atoms with Crippen molar-refractivity contribution in [2.75, 3.05) is 24.7 Å². The first-order chi connectivity index (χ1) is 14.2. The van der Waals surface area contributed by atoms with Crippen LogP contribution in [0.15, 0.2) is 47.4 Å². The van der Waals surface area contributed by atoms with Crippen LogP contribution < -0.4 is 10.6 Å². The van der Waals surface area contributed by atoms with Gasteiger partial charge >= 0.3 is 0 Å². The fraction of sp³-hybridized carbons (Fsp3) is 0.263. The number of aryl methyl sites for hydroxylation is 1. The van der Waals surface area contributed by atoms with Crippen LogP contribution in [0.4, 0.5) is 11.4 Å². The molecule has 0 fully saturated rings. The van der Waals surface area contributed by atoms with Crippen LogP contribution in [0.25, 0.3) is 11.0 Å². The van der Waals surface area contributed by atoms with Gasteiger partial charge in [0.25, 0.3) is 5.69 Å². The number of nitrogens with zero attached hydrogens (tertiary/aromatic N) is 2. The Morgan fingerprint density at radius 3 is 2.67 bits per heavy atom. The van der Waals surface area contributed by atoms with E-state index in [-0.39, 0.29) is 41.7 Å². The number of hydrogen-bond donors (Lipinski definition) is 3. The minimum atomic E-state index is -3.55. The molecule has 3 aromatic rings. The number of nitrogens with one attached hydrogen (secondary N) is 3. The Morgan fingerprint density at radius 2 is 1.97 bits per heavy atom. The van der Waals surface area contributed by atoms with Crippen molar-refractivity contribution in [2.45, 2.75) is 17.7 Å². The third kappa shape index (κ3) is 5.32. The van der Waals surface area contributed by atoms with Gasteiger partial charge in [-0.1, -0.05) is 12.1 Å². The van der Waals surface area contributed by atoms with Crippen molar-refractivity contribution in [1.82, 2.24) is 15.3 Å². The average Bonchev–Trinajstić information content (AvgIpc) is 3.12. The molecule has 1 heterocycles. The smallest absolute Gasteiger partial charge is 0.293 e. The van der Waals surface area contributed by atoms with Gasteiger partial charge in [0.2, 0.25) is 5.91 Å². The van der Waals surface area contributed by atoms with E-state index in [1.165, 1.54) is 12.1 Å². The molecule has 0 aliphatic heterocycles. The van der Waals surface area contributed by atoms with E-state index in [9.17, 15) is 23.3 Å². The number of nitro groups is 1. The first-order valence-electron chi connectivity index (χ1n) is 9.17. The van der Waals surface area contributed by atoms with Crippen molar-refractivity contribution in [3.8, 4) is 0 Å². The molecule has 0 spiro atoms. The van der Waals surface area contributed by atoms with E-state index in [0.717, 1.165) is 29.2 Å². The van der Waals surface area contributed by atoms with Crippen molar-refractivity contribution in [2.24, 2.45) is 0 Å². The summed E-state index contributed by atoms with van der Waals surface area (Å²) in [5, 5.41) is 16.8. The fourth-order valence-electron chi connectivity index (χ4n) is 2.89. The number of carbonyl (C=O) groups excluding carboxylic acids is 1. The van der Waals surface area contributed by atoms with Gasteiger partial charge in [0.1, 0.15) is 11.5 Å². The normalized spacial score (nSPS) is 11.4. The molecule has 0 atom stereocenters. The van der Waals surface area contributed by atoms with Crippen LogP contribution in [0.2, 0.25) is 0 Å². The first-order valence-corrected chi connectivity index (χ1v) is 11.1. The minimum absolute atomic E-state index is 0.126. The summed E-state index contributed by atoms with van der Waals surface area (Å²) < 4.78 is 23.1. The molecule has 3 rings (SSSR count). The highest BCUT2D eigenvalue weighted by Crippen LogP contribution is 2.27. The maximum atomic E-state index is 12.0. The Kier molecular flexibility index (Phi) is 6.31. The number of para-hydroxylation sites is 2. The topological polar surface area (TPSA) is 147 Å². The summed E-state index contributed by atoms with van der Waals surface area (Å²) in [6.45, 7) is 0.499. The number of imidazole rings is 1. The lowest BCUT2D eigenvalue weighted by molar-refractivity contribution is -0.384. The molecule has 2 aromatic carbocycles. The van der Waals surface area contributed by atoms with E-state index < -0.39 is 14.8 Å². The van der Waals surface area contributed by atoms with Crippen LogP contribution in [0, 0.1) is 10.1 Å². The molecular weight excluding hydrogens is 410 g/mol. The van der Waals surface area contributed by atoms with Crippen molar-refractivity contribution in [3.63, 3.8) is 0 Å². The number of sulfone groups is 1. The maximum Gasteiger partial charge on any atom is 0.293 e. The monoisotopic (exact) mass is 431 g/mol. The molecule has 0 aliphatic rings. The van der Waals surface area contributed by atoms with Crippen molar-refractivity contribution in [3.05, 3.63) is 58.4 Å². The molecular formula is C19H21N5O5S. The second-order valence-electron chi connectivity index (χ2n) is 6.69. The third-order valence-corrected chi connectivity index (χ3v) is 5.49. The minimum Gasteiger partial charge on any atom is -0.378 e. The Morgan fingerprint density at radius 1 is 1.20 bits per heavy atom. The molecule has 30 heavy (non-hydrogen) atoms. The molecule has 0 saturated heterocycles. The number of hydrogen-bond acceptors (Lipinski definition) is 7. The summed E-state index contributed by atoms with van der Waals surface area (Å²) in [5.74, 6) is 0.560. The molecule has 0 saturated carbocycles. The van der Waals surface area contributed by atoms with Gasteiger partial charge in [-0.2, -0.15) is 0 Å². The number of anilines is 1. The van der Waals surface area contributed by atoms with E-state index in [0.29, 0.717) is 6.42 Å². The number of carbonyl (C=O) groups is 1. The van der Waals surface area contributed by atoms with Crippen LogP contribution >= 0.6 is 0 Å². The van der Waals surface area contributed by atoms with E-state index >= 15 is 0 Å². The van der Waals surface area contributed by atoms with Gasteiger partial charge in [-0.05, 0) is 24.3 Å². The van der Waals surface area contributed by atoms with Crippen LogP contribution in [-0.4, -0.2) is 48.6 Å². The summed E-state index contributed by atoms with van der Waals surface area (Å²) in [6.07, 6.45) is 1.70. The number of H-pyrrole nitrogens is 1. The Bertz CT molecular complexity index is 1160. The quantitative estimate of drug-likeness (QED) is 0.267. The zero-order chi connectivity index (χ0) is 21.7. The van der Waals surface area contributed by atoms with Gasteiger partial charge < -0.3 is 15.6 Å². The highest BCUT2D eigenvalue weighted by molar-refractivity contribution is 7.90. The predicted molar refractivity (Wildman–Crippen MR) is 112 cm³/mol. The second-order valence-corrected chi connectivity index (χ2v) is 8.70. The largest absolute Gasteiger partial charge is 0.378 e. The SMILES string of the molecule is CS(=O)(=O)c1ccc(NCCNC(=O)CCc2nc3ccccc3[nH]2)c([N+](=O)[O-])c1. The van der Waals surface area contributed by atoms with Crippen LogP contribution in [-0.2, 0) is 21.1 Å². The lowest BCUT2D eigenvalue weighted by Gasteiger charge is -2.09. The first kappa shape index (κ1) is 21.2. The van der Waals surface area contributed by atoms with Crippen molar-refractivity contribution in [1.29, 1.82) is 0 Å². The second kappa shape index (κ2) is 8.91. The summed E-state index contributed by atoms with van der Waals surface area (Å²) in [5.41, 5.74) is 1.61. The molecule has 158 valence electrons. The summed E-state index contributed by atoms with van der Waals surface area (Å²) >= 11 is 0. The standard InChI is InChI=1S/C19H21N5O5S/c1-30(28,29)13-6-7-16(17(12-13)24(26)27)20-10-11-21-19(25)9-8-18-22-14-4-2-3-5-15(14)23-18/h2-7,12,20H,8-11H2,1H3,(H,21,25)(H,22,23). The average molecular weight is 431 g/mol. The highest BCUT2D eigenvalue weighted by Gasteiger charge is 2.18. The predicted octanol–water partition coefficient (Wildman–Crippen LogP) is 2.04. The number of benzene rings is 2. The van der Waals surface area contributed by atoms with E-state index in [4.69, 9.17) is 0 Å². The number of aromatic amines is 1. The van der Waals surface area contributed by atoms with Gasteiger partial charge in [0.15, 0.2) is 9.84 Å². The molecule has 0 bridgehead atoms. The molecule has 0 aliphatic carbocycles. The van der Waals surface area contributed by atoms with Crippen LogP contribution in [0.3, 0.4) is 0 Å². The highest BCUT2D eigenvalue weighted by atomic mass is 32.2. The molecule has 0 radical (unpaired) electrons. The Labute approximate surface area is 172 Å². The lowest BCUT2D eigenvalue weighted by atomic mass is 10.2. The van der Waals surface area contributed by atoms with Crippen molar-refractivity contribution < 1.29 is 18.1 Å². The number of aromatic nitrogens is 2. The molecule has 11 heteroatoms. The fourth-order valence-corrected chi connectivity index (χ4v) is 3.53. The Balaban J connectivity index is 1.48. The third-order valence-electron chi connectivity index (χ3n) is 4.38. The zero-order valence-electron chi connectivity index (χ0n) is 16.2. The van der Waals surface area contributed by atoms with Gasteiger partial charge in [-0.25, -0.2) is 13.4 Å². The molecule has 3 N–H and O–H groups in total. The maximum absolute atomic E-state index is 12.0. The number of nitro benzene ring substituents is 1. The van der Waals surface area contributed by atoms with E-state index in [1.54, 1.807) is 0 Å². The van der Waals surface area contributed by atoms with Crippen LogP contribution in [0.5, 0.6) is 0 Å². The van der Waals surface area contributed by atoms with Crippen molar-refractivity contribution >= 4 is 38.2 Å². The number of fused-ring (bicyclic) bond motifs is 1. The zero-order valence-corrected chi connectivity index (χ0v) is 17.0. The van der Waals surface area contributed by atoms with E-state index in [2.05, 4.69) is 20.6 Å². The summed E-state index contributed by atoms with van der Waals surface area (Å²) in [4.78, 5) is 30.0. The molecule has 1 amide bonds. The van der Waals surface area contributed by atoms with Gasteiger partial charge in [0.05, 0.1) is 20.9 Å². The molecule has 10 nitrogen and oxygen atoms in total.